The molecule has 7 nitrogen and oxygen atoms in total. The van der Waals surface area contributed by atoms with E-state index in [1.807, 2.05) is 26.0 Å². The maximum absolute atomic E-state index is 12.8. The Morgan fingerprint density at radius 3 is 2.74 bits per heavy atom. The van der Waals surface area contributed by atoms with Gasteiger partial charge in [-0.3, -0.25) is 14.3 Å². The van der Waals surface area contributed by atoms with Crippen molar-refractivity contribution < 1.29 is 14.3 Å². The van der Waals surface area contributed by atoms with Crippen molar-refractivity contribution in [2.24, 2.45) is 4.99 Å². The summed E-state index contributed by atoms with van der Waals surface area (Å²) in [5, 5.41) is 4.19. The Hall–Kier alpha value is -2.74. The number of amides is 1. The number of hydrogen-bond donors (Lipinski definition) is 0. The molecule has 1 amide bonds. The number of aryl methyl sites for hydroxylation is 1. The number of hydrogen-bond acceptors (Lipinski definition) is 5. The lowest BCUT2D eigenvalue weighted by atomic mass is 10.2. The molecule has 0 saturated carbocycles. The summed E-state index contributed by atoms with van der Waals surface area (Å²) in [4.78, 5) is 29.4. The van der Waals surface area contributed by atoms with Gasteiger partial charge in [-0.2, -0.15) is 10.1 Å². The van der Waals surface area contributed by atoms with Gasteiger partial charge in [-0.1, -0.05) is 24.3 Å². The molecule has 3 rings (SSSR count). The van der Waals surface area contributed by atoms with Gasteiger partial charge in [0, 0.05) is 12.2 Å². The molecule has 0 saturated heterocycles. The molecular weight excluding hydrogens is 364 g/mol. The maximum atomic E-state index is 12.8. The Kier molecular flexibility index (Phi) is 5.55. The minimum absolute atomic E-state index is 0.00245. The highest BCUT2D eigenvalue weighted by Gasteiger charge is 2.16. The lowest BCUT2D eigenvalue weighted by Crippen LogP contribution is -2.23. The first-order valence-corrected chi connectivity index (χ1v) is 9.57. The molecule has 0 N–H and O–H groups in total. The van der Waals surface area contributed by atoms with E-state index in [9.17, 15) is 9.59 Å². The molecule has 3 aromatic rings. The van der Waals surface area contributed by atoms with E-state index < -0.39 is 5.97 Å². The molecule has 27 heavy (non-hydrogen) atoms. The van der Waals surface area contributed by atoms with Crippen molar-refractivity contribution in [2.75, 3.05) is 7.11 Å². The van der Waals surface area contributed by atoms with Crippen molar-refractivity contribution in [3.8, 4) is 0 Å². The average Bonchev–Trinajstić information content (AvgIpc) is 3.26. The molecule has 0 radical (unpaired) electrons. The Morgan fingerprint density at radius 1 is 1.30 bits per heavy atom. The Bertz CT molecular complexity index is 1060. The van der Waals surface area contributed by atoms with Gasteiger partial charge in [-0.15, -0.1) is 0 Å². The number of benzene rings is 1. The summed E-state index contributed by atoms with van der Waals surface area (Å²) < 4.78 is 9.14. The van der Waals surface area contributed by atoms with Gasteiger partial charge in [0.25, 0.3) is 5.91 Å². The quantitative estimate of drug-likeness (QED) is 0.632. The summed E-state index contributed by atoms with van der Waals surface area (Å²) in [7, 11) is 1.34. The number of methoxy groups -OCH3 is 1. The molecule has 2 heterocycles. The summed E-state index contributed by atoms with van der Waals surface area (Å²) in [5.74, 6) is -0.780. The van der Waals surface area contributed by atoms with Crippen molar-refractivity contribution in [3.05, 3.63) is 46.5 Å². The predicted molar refractivity (Wildman–Crippen MR) is 104 cm³/mol. The number of fused-ring (bicyclic) bond motifs is 1. The Morgan fingerprint density at radius 2 is 2.07 bits per heavy atom. The first-order valence-electron chi connectivity index (χ1n) is 8.76. The van der Waals surface area contributed by atoms with Crippen LogP contribution in [-0.2, 0) is 22.5 Å². The van der Waals surface area contributed by atoms with Gasteiger partial charge in [0.2, 0.25) is 0 Å². The first-order chi connectivity index (χ1) is 12.9. The number of rotatable bonds is 5. The number of nitrogens with zero attached hydrogens (tertiary/aromatic N) is 4. The molecule has 2 aromatic heterocycles. The van der Waals surface area contributed by atoms with E-state index in [0.717, 1.165) is 16.6 Å². The van der Waals surface area contributed by atoms with Gasteiger partial charge in [0.05, 0.1) is 17.3 Å². The molecule has 0 bridgehead atoms. The topological polar surface area (TPSA) is 78.5 Å². The summed E-state index contributed by atoms with van der Waals surface area (Å²) in [6.45, 7) is 5.98. The van der Waals surface area contributed by atoms with Crippen LogP contribution in [0.5, 0.6) is 0 Å². The number of esters is 1. The SMILES string of the molecule is CCc1ccc2c(c1)sc(=NC(=O)c1ccnn1C(C)C)n2CC(=O)OC. The average molecular weight is 386 g/mol. The summed E-state index contributed by atoms with van der Waals surface area (Å²) in [6, 6.07) is 7.73. The fourth-order valence-corrected chi connectivity index (χ4v) is 3.90. The van der Waals surface area contributed by atoms with Crippen LogP contribution in [0.2, 0.25) is 0 Å². The van der Waals surface area contributed by atoms with Crippen LogP contribution in [0.4, 0.5) is 0 Å². The smallest absolute Gasteiger partial charge is 0.325 e. The van der Waals surface area contributed by atoms with E-state index in [1.54, 1.807) is 21.5 Å². The summed E-state index contributed by atoms with van der Waals surface area (Å²) in [6.07, 6.45) is 2.49. The van der Waals surface area contributed by atoms with Gasteiger partial charge in [-0.05, 0) is 44.0 Å². The zero-order valence-electron chi connectivity index (χ0n) is 15.8. The number of thiazole rings is 1. The van der Waals surface area contributed by atoms with Crippen LogP contribution in [0.15, 0.2) is 35.5 Å². The van der Waals surface area contributed by atoms with Gasteiger partial charge < -0.3 is 9.30 Å². The van der Waals surface area contributed by atoms with Crippen LogP contribution in [0.3, 0.4) is 0 Å². The van der Waals surface area contributed by atoms with E-state index in [4.69, 9.17) is 4.74 Å². The largest absolute Gasteiger partial charge is 0.468 e. The number of aromatic nitrogens is 3. The minimum atomic E-state index is -0.393. The predicted octanol–water partition coefficient (Wildman–Crippen LogP) is 2.96. The second-order valence-corrected chi connectivity index (χ2v) is 7.38. The van der Waals surface area contributed by atoms with E-state index in [1.165, 1.54) is 24.0 Å². The molecular formula is C19H22N4O3S. The lowest BCUT2D eigenvalue weighted by molar-refractivity contribution is -0.141. The number of carbonyl (C=O) groups excluding carboxylic acids is 2. The third-order valence-corrected chi connectivity index (χ3v) is 5.29. The van der Waals surface area contributed by atoms with E-state index in [0.29, 0.717) is 10.5 Å². The molecule has 0 unspecified atom stereocenters. The number of ether oxygens (including phenoxy) is 1. The second kappa shape index (κ2) is 7.87. The van der Waals surface area contributed by atoms with Crippen LogP contribution >= 0.6 is 11.3 Å². The zero-order valence-corrected chi connectivity index (χ0v) is 16.6. The highest BCUT2D eigenvalue weighted by atomic mass is 32.1. The van der Waals surface area contributed by atoms with E-state index >= 15 is 0 Å². The zero-order chi connectivity index (χ0) is 19.6. The van der Waals surface area contributed by atoms with Crippen LogP contribution in [0, 0.1) is 0 Å². The molecule has 142 valence electrons. The lowest BCUT2D eigenvalue weighted by Gasteiger charge is -2.08. The van der Waals surface area contributed by atoms with E-state index in [2.05, 4.69) is 23.1 Å². The summed E-state index contributed by atoms with van der Waals surface area (Å²) in [5.41, 5.74) is 2.46. The normalized spacial score (nSPS) is 12.1. The van der Waals surface area contributed by atoms with Crippen molar-refractivity contribution in [2.45, 2.75) is 39.8 Å². The minimum Gasteiger partial charge on any atom is -0.468 e. The molecule has 0 fully saturated rings. The van der Waals surface area contributed by atoms with E-state index in [-0.39, 0.29) is 18.5 Å². The molecule has 0 atom stereocenters. The molecule has 8 heteroatoms. The fourth-order valence-electron chi connectivity index (χ4n) is 2.81. The first kappa shape index (κ1) is 19.0. The van der Waals surface area contributed by atoms with Crippen molar-refractivity contribution in [1.29, 1.82) is 0 Å². The molecule has 0 aliphatic heterocycles. The Labute approximate surface area is 160 Å². The fraction of sp³-hybridized carbons (Fsp3) is 0.368. The van der Waals surface area contributed by atoms with Crippen LogP contribution in [0.25, 0.3) is 10.2 Å². The van der Waals surface area contributed by atoms with Gasteiger partial charge in [-0.25, -0.2) is 0 Å². The molecule has 0 spiro atoms. The summed E-state index contributed by atoms with van der Waals surface area (Å²) >= 11 is 1.38. The van der Waals surface area contributed by atoms with Crippen molar-refractivity contribution in [1.82, 2.24) is 14.3 Å². The van der Waals surface area contributed by atoms with Crippen LogP contribution in [-0.4, -0.2) is 33.3 Å². The van der Waals surface area contributed by atoms with Crippen molar-refractivity contribution >= 4 is 33.4 Å². The third kappa shape index (κ3) is 3.85. The maximum Gasteiger partial charge on any atom is 0.325 e. The van der Waals surface area contributed by atoms with Gasteiger partial charge in [0.1, 0.15) is 12.2 Å². The number of carbonyl (C=O) groups is 2. The third-order valence-electron chi connectivity index (χ3n) is 4.25. The second-order valence-electron chi connectivity index (χ2n) is 6.37. The van der Waals surface area contributed by atoms with Crippen molar-refractivity contribution in [3.63, 3.8) is 0 Å². The molecule has 0 aliphatic carbocycles. The molecule has 0 aliphatic rings. The van der Waals surface area contributed by atoms with Gasteiger partial charge >= 0.3 is 5.97 Å². The highest BCUT2D eigenvalue weighted by molar-refractivity contribution is 7.16. The monoisotopic (exact) mass is 386 g/mol. The molecule has 1 aromatic carbocycles. The van der Waals surface area contributed by atoms with Gasteiger partial charge in [0.15, 0.2) is 4.80 Å². The Balaban J connectivity index is 2.14. The van der Waals surface area contributed by atoms with Crippen LogP contribution in [0.1, 0.15) is 42.9 Å². The standard InChI is InChI=1S/C19H22N4O3S/c1-5-13-6-7-14-16(10-13)27-19(22(14)11-17(24)26-4)21-18(25)15-8-9-20-23(15)12(2)3/h6-10,12H,5,11H2,1-4H3. The van der Waals surface area contributed by atoms with Crippen LogP contribution < -0.4 is 4.80 Å². The highest BCUT2D eigenvalue weighted by Crippen LogP contribution is 2.20.